The maximum absolute atomic E-state index is 13.2. The number of hydrogen-bond donors (Lipinski definition) is 2. The summed E-state index contributed by atoms with van der Waals surface area (Å²) in [4.78, 5) is 4.25. The van der Waals surface area contributed by atoms with Gasteiger partial charge in [0.15, 0.2) is 5.82 Å². The molecule has 24 heavy (non-hydrogen) atoms. The third-order valence-corrected chi connectivity index (χ3v) is 3.78. The summed E-state index contributed by atoms with van der Waals surface area (Å²) in [6.45, 7) is 0. The molecule has 0 bridgehead atoms. The van der Waals surface area contributed by atoms with Gasteiger partial charge in [0.05, 0.1) is 21.9 Å². The molecule has 0 atom stereocenters. The summed E-state index contributed by atoms with van der Waals surface area (Å²) < 4.78 is 13.2. The fraction of sp³-hybridized carbons (Fsp3) is 0. The lowest BCUT2D eigenvalue weighted by atomic mass is 10.3. The van der Waals surface area contributed by atoms with E-state index in [2.05, 4.69) is 25.8 Å². The molecule has 0 aliphatic carbocycles. The average Bonchev–Trinajstić information content (AvgIpc) is 2.55. The first kappa shape index (κ1) is 16.7. The zero-order valence-electron chi connectivity index (χ0n) is 11.9. The molecule has 122 valence electrons. The van der Waals surface area contributed by atoms with Crippen molar-refractivity contribution in [3.63, 3.8) is 0 Å². The topological polar surface area (TPSA) is 62.7 Å². The van der Waals surface area contributed by atoms with Gasteiger partial charge in [0.25, 0.3) is 0 Å². The number of benzene rings is 2. The van der Waals surface area contributed by atoms with Crippen LogP contribution in [0.15, 0.2) is 42.6 Å². The quantitative estimate of drug-likeness (QED) is 0.625. The van der Waals surface area contributed by atoms with Crippen molar-refractivity contribution in [1.29, 1.82) is 0 Å². The number of aromatic nitrogens is 3. The van der Waals surface area contributed by atoms with Crippen LogP contribution in [0.2, 0.25) is 15.1 Å². The first-order valence-electron chi connectivity index (χ1n) is 6.65. The van der Waals surface area contributed by atoms with E-state index in [4.69, 9.17) is 34.8 Å². The van der Waals surface area contributed by atoms with Gasteiger partial charge in [-0.15, -0.1) is 5.10 Å². The Labute approximate surface area is 151 Å². The van der Waals surface area contributed by atoms with E-state index in [1.165, 1.54) is 24.4 Å². The van der Waals surface area contributed by atoms with Crippen molar-refractivity contribution in [3.8, 4) is 0 Å². The van der Waals surface area contributed by atoms with Gasteiger partial charge in [0.2, 0.25) is 5.95 Å². The third kappa shape index (κ3) is 4.03. The van der Waals surface area contributed by atoms with Gasteiger partial charge in [0, 0.05) is 10.7 Å². The van der Waals surface area contributed by atoms with Crippen molar-refractivity contribution in [1.82, 2.24) is 15.2 Å². The molecule has 2 aromatic carbocycles. The van der Waals surface area contributed by atoms with Crippen molar-refractivity contribution in [2.45, 2.75) is 0 Å². The lowest BCUT2D eigenvalue weighted by Gasteiger charge is -2.09. The summed E-state index contributed by atoms with van der Waals surface area (Å²) in [5, 5.41) is 14.6. The molecular formula is C15H9Cl3FN5. The standard InChI is InChI=1S/C15H9Cl3FN5/c16-8-1-3-10(17)13(5-8)22-15-23-14(7-20-24-15)21-9-2-4-12(19)11(18)6-9/h1-7H,(H2,21,22,23,24). The maximum Gasteiger partial charge on any atom is 0.249 e. The Morgan fingerprint density at radius 3 is 2.54 bits per heavy atom. The Kier molecular flexibility index (Phi) is 4.99. The van der Waals surface area contributed by atoms with Gasteiger partial charge in [0.1, 0.15) is 5.82 Å². The minimum absolute atomic E-state index is 0.00562. The normalized spacial score (nSPS) is 10.5. The first-order valence-corrected chi connectivity index (χ1v) is 7.78. The van der Waals surface area contributed by atoms with Crippen LogP contribution >= 0.6 is 34.8 Å². The lowest BCUT2D eigenvalue weighted by molar-refractivity contribution is 0.628. The summed E-state index contributed by atoms with van der Waals surface area (Å²) in [6, 6.07) is 9.20. The zero-order valence-corrected chi connectivity index (χ0v) is 14.2. The number of rotatable bonds is 4. The highest BCUT2D eigenvalue weighted by Crippen LogP contribution is 2.28. The fourth-order valence-electron chi connectivity index (χ4n) is 1.85. The third-order valence-electron chi connectivity index (χ3n) is 2.93. The Hall–Kier alpha value is -2.15. The zero-order chi connectivity index (χ0) is 17.1. The monoisotopic (exact) mass is 383 g/mol. The van der Waals surface area contributed by atoms with Crippen LogP contribution in [0, 0.1) is 5.82 Å². The van der Waals surface area contributed by atoms with Gasteiger partial charge >= 0.3 is 0 Å². The first-order chi connectivity index (χ1) is 11.5. The van der Waals surface area contributed by atoms with Crippen molar-refractivity contribution in [2.75, 3.05) is 10.6 Å². The van der Waals surface area contributed by atoms with E-state index >= 15 is 0 Å². The number of nitrogens with one attached hydrogen (secondary N) is 2. The molecule has 5 nitrogen and oxygen atoms in total. The summed E-state index contributed by atoms with van der Waals surface area (Å²) in [6.07, 6.45) is 1.42. The van der Waals surface area contributed by atoms with Crippen LogP contribution in [-0.2, 0) is 0 Å². The predicted molar refractivity (Wildman–Crippen MR) is 94.3 cm³/mol. The summed E-state index contributed by atoms with van der Waals surface area (Å²) >= 11 is 17.8. The molecule has 0 unspecified atom stereocenters. The molecule has 0 spiro atoms. The lowest BCUT2D eigenvalue weighted by Crippen LogP contribution is -2.02. The highest BCUT2D eigenvalue weighted by molar-refractivity contribution is 6.35. The molecule has 0 saturated heterocycles. The molecule has 0 saturated carbocycles. The van der Waals surface area contributed by atoms with Gasteiger partial charge in [-0.2, -0.15) is 10.1 Å². The van der Waals surface area contributed by atoms with Gasteiger partial charge in [-0.3, -0.25) is 0 Å². The second-order valence-electron chi connectivity index (χ2n) is 4.67. The van der Waals surface area contributed by atoms with E-state index in [1.54, 1.807) is 18.2 Å². The molecule has 9 heteroatoms. The van der Waals surface area contributed by atoms with Gasteiger partial charge in [-0.25, -0.2) is 4.39 Å². The maximum atomic E-state index is 13.2. The van der Waals surface area contributed by atoms with Crippen molar-refractivity contribution >= 4 is 57.9 Å². The number of hydrogen-bond acceptors (Lipinski definition) is 5. The minimum Gasteiger partial charge on any atom is -0.339 e. The van der Waals surface area contributed by atoms with Gasteiger partial charge in [-0.1, -0.05) is 34.8 Å². The highest BCUT2D eigenvalue weighted by Gasteiger charge is 2.07. The van der Waals surface area contributed by atoms with E-state index in [9.17, 15) is 4.39 Å². The van der Waals surface area contributed by atoms with Crippen molar-refractivity contribution in [2.24, 2.45) is 0 Å². The van der Waals surface area contributed by atoms with Crippen LogP contribution in [0.4, 0.5) is 27.5 Å². The summed E-state index contributed by atoms with van der Waals surface area (Å²) in [7, 11) is 0. The highest BCUT2D eigenvalue weighted by atomic mass is 35.5. The van der Waals surface area contributed by atoms with Crippen LogP contribution in [0.25, 0.3) is 0 Å². The molecule has 3 rings (SSSR count). The van der Waals surface area contributed by atoms with Crippen LogP contribution in [0.5, 0.6) is 0 Å². The van der Waals surface area contributed by atoms with Crippen LogP contribution in [0.3, 0.4) is 0 Å². The van der Waals surface area contributed by atoms with E-state index in [1.807, 2.05) is 0 Å². The van der Waals surface area contributed by atoms with Crippen molar-refractivity contribution < 1.29 is 4.39 Å². The smallest absolute Gasteiger partial charge is 0.249 e. The average molecular weight is 385 g/mol. The Morgan fingerprint density at radius 2 is 1.75 bits per heavy atom. The molecule has 2 N–H and O–H groups in total. The van der Waals surface area contributed by atoms with Crippen LogP contribution in [0.1, 0.15) is 0 Å². The second-order valence-corrected chi connectivity index (χ2v) is 5.92. The second kappa shape index (κ2) is 7.17. The Morgan fingerprint density at radius 1 is 0.917 bits per heavy atom. The number of anilines is 4. The van der Waals surface area contributed by atoms with E-state index in [0.29, 0.717) is 27.2 Å². The van der Waals surface area contributed by atoms with Crippen LogP contribution in [-0.4, -0.2) is 15.2 Å². The molecule has 0 fully saturated rings. The Balaban J connectivity index is 1.81. The molecule has 0 aliphatic heterocycles. The van der Waals surface area contributed by atoms with Gasteiger partial charge < -0.3 is 10.6 Å². The number of halogens is 4. The predicted octanol–water partition coefficient (Wildman–Crippen LogP) is 5.46. The summed E-state index contributed by atoms with van der Waals surface area (Å²) in [5.74, 6) is 0.117. The van der Waals surface area contributed by atoms with E-state index in [-0.39, 0.29) is 11.0 Å². The fourth-order valence-corrected chi connectivity index (χ4v) is 2.37. The SMILES string of the molecule is Fc1ccc(Nc2cnnc(Nc3cc(Cl)ccc3Cl)n2)cc1Cl. The number of nitrogens with zero attached hydrogens (tertiary/aromatic N) is 3. The molecule has 0 amide bonds. The Bertz CT molecular complexity index is 891. The van der Waals surface area contributed by atoms with E-state index < -0.39 is 5.82 Å². The molecule has 0 aliphatic rings. The molecule has 0 radical (unpaired) electrons. The van der Waals surface area contributed by atoms with Crippen molar-refractivity contribution in [3.05, 3.63) is 63.5 Å². The molecule has 1 heterocycles. The largest absolute Gasteiger partial charge is 0.339 e. The van der Waals surface area contributed by atoms with E-state index in [0.717, 1.165) is 0 Å². The van der Waals surface area contributed by atoms with Crippen LogP contribution < -0.4 is 10.6 Å². The minimum atomic E-state index is -0.499. The molecule has 3 aromatic rings. The summed E-state index contributed by atoms with van der Waals surface area (Å²) in [5.41, 5.74) is 1.11. The molecule has 1 aromatic heterocycles. The molecular weight excluding hydrogens is 376 g/mol. The van der Waals surface area contributed by atoms with Gasteiger partial charge in [-0.05, 0) is 36.4 Å².